The highest BCUT2D eigenvalue weighted by Gasteiger charge is 2.09. The Morgan fingerprint density at radius 1 is 1.12 bits per heavy atom. The van der Waals surface area contributed by atoms with E-state index in [4.69, 9.17) is 9.47 Å². The first-order chi connectivity index (χ1) is 12.6. The van der Waals surface area contributed by atoms with Crippen molar-refractivity contribution in [2.75, 3.05) is 24.8 Å². The minimum atomic E-state index is -0.577. The molecule has 1 amide bonds. The first kappa shape index (κ1) is 19.6. The van der Waals surface area contributed by atoms with Crippen molar-refractivity contribution < 1.29 is 19.1 Å². The maximum atomic E-state index is 11.9. The summed E-state index contributed by atoms with van der Waals surface area (Å²) in [6.07, 6.45) is 4.95. The lowest BCUT2D eigenvalue weighted by Crippen LogP contribution is -2.20. The Balaban J connectivity index is 1.83. The molecule has 0 aliphatic carbocycles. The zero-order chi connectivity index (χ0) is 18.8. The summed E-state index contributed by atoms with van der Waals surface area (Å²) in [5, 5.41) is 2.67. The monoisotopic (exact) mass is 371 g/mol. The predicted octanol–water partition coefficient (Wildman–Crippen LogP) is 4.00. The second-order valence-corrected chi connectivity index (χ2v) is 6.07. The van der Waals surface area contributed by atoms with Crippen LogP contribution in [0, 0.1) is 0 Å². The first-order valence-electron chi connectivity index (χ1n) is 8.13. The lowest BCUT2D eigenvalue weighted by molar-refractivity contribution is -0.142. The third-order valence-corrected chi connectivity index (χ3v) is 4.08. The summed E-state index contributed by atoms with van der Waals surface area (Å²) in [7, 11) is 0. The minimum Gasteiger partial charge on any atom is -0.492 e. The standard InChI is InChI=1S/C20H21NO4S/c1-3-24-18-7-5-4-6-17(18)21-19(22)14-25-20(23)13-10-15-8-11-16(26-2)12-9-15/h4-13H,3,14H2,1-2H3,(H,21,22)/b13-10+. The van der Waals surface area contributed by atoms with Gasteiger partial charge in [0.05, 0.1) is 12.3 Å². The zero-order valence-electron chi connectivity index (χ0n) is 14.7. The summed E-state index contributed by atoms with van der Waals surface area (Å²) >= 11 is 1.65. The fraction of sp³-hybridized carbons (Fsp3) is 0.200. The number of ether oxygens (including phenoxy) is 2. The normalized spacial score (nSPS) is 10.5. The van der Waals surface area contributed by atoms with Gasteiger partial charge >= 0.3 is 5.97 Å². The van der Waals surface area contributed by atoms with Crippen LogP contribution in [0.3, 0.4) is 0 Å². The summed E-state index contributed by atoms with van der Waals surface area (Å²) in [6, 6.07) is 14.9. The molecule has 0 aliphatic rings. The molecule has 0 aromatic heterocycles. The Hall–Kier alpha value is -2.73. The van der Waals surface area contributed by atoms with Crippen LogP contribution >= 0.6 is 11.8 Å². The molecule has 6 heteroatoms. The summed E-state index contributed by atoms with van der Waals surface area (Å²) in [5.74, 6) is -0.432. The van der Waals surface area contributed by atoms with E-state index in [1.165, 1.54) is 6.08 Å². The van der Waals surface area contributed by atoms with E-state index in [-0.39, 0.29) is 6.61 Å². The highest BCUT2D eigenvalue weighted by molar-refractivity contribution is 7.98. The lowest BCUT2D eigenvalue weighted by atomic mass is 10.2. The number of amides is 1. The predicted molar refractivity (Wildman–Crippen MR) is 104 cm³/mol. The smallest absolute Gasteiger partial charge is 0.331 e. The highest BCUT2D eigenvalue weighted by atomic mass is 32.2. The van der Waals surface area contributed by atoms with Gasteiger partial charge < -0.3 is 14.8 Å². The maximum Gasteiger partial charge on any atom is 0.331 e. The molecule has 0 bridgehead atoms. The number of nitrogens with one attached hydrogen (secondary N) is 1. The number of anilines is 1. The fourth-order valence-electron chi connectivity index (χ4n) is 2.10. The van der Waals surface area contributed by atoms with Crippen molar-refractivity contribution in [2.45, 2.75) is 11.8 Å². The van der Waals surface area contributed by atoms with Crippen molar-refractivity contribution in [1.29, 1.82) is 0 Å². The van der Waals surface area contributed by atoms with Gasteiger partial charge in [0.1, 0.15) is 5.75 Å². The maximum absolute atomic E-state index is 11.9. The molecule has 0 aliphatic heterocycles. The van der Waals surface area contributed by atoms with E-state index < -0.39 is 11.9 Å². The molecular formula is C20H21NO4S. The van der Waals surface area contributed by atoms with Crippen molar-refractivity contribution in [3.8, 4) is 5.75 Å². The van der Waals surface area contributed by atoms with Crippen LogP contribution in [0.2, 0.25) is 0 Å². The average Bonchev–Trinajstić information content (AvgIpc) is 2.67. The van der Waals surface area contributed by atoms with Crippen LogP contribution < -0.4 is 10.1 Å². The Bertz CT molecular complexity index is 772. The van der Waals surface area contributed by atoms with Gasteiger partial charge in [-0.3, -0.25) is 4.79 Å². The van der Waals surface area contributed by atoms with Crippen molar-refractivity contribution >= 4 is 35.4 Å². The molecule has 1 N–H and O–H groups in total. The van der Waals surface area contributed by atoms with Gasteiger partial charge in [0.25, 0.3) is 5.91 Å². The fourth-order valence-corrected chi connectivity index (χ4v) is 2.51. The molecule has 5 nitrogen and oxygen atoms in total. The number of para-hydroxylation sites is 2. The van der Waals surface area contributed by atoms with E-state index in [0.717, 1.165) is 10.5 Å². The van der Waals surface area contributed by atoms with Crippen LogP contribution in [0.5, 0.6) is 5.75 Å². The van der Waals surface area contributed by atoms with Gasteiger partial charge in [0, 0.05) is 11.0 Å². The number of carbonyl (C=O) groups excluding carboxylic acids is 2. The third kappa shape index (κ3) is 6.29. The largest absolute Gasteiger partial charge is 0.492 e. The molecule has 136 valence electrons. The van der Waals surface area contributed by atoms with Gasteiger partial charge in [0.15, 0.2) is 6.61 Å². The number of carbonyl (C=O) groups is 2. The molecule has 26 heavy (non-hydrogen) atoms. The van der Waals surface area contributed by atoms with E-state index in [2.05, 4.69) is 5.32 Å². The van der Waals surface area contributed by atoms with E-state index in [0.29, 0.717) is 18.0 Å². The van der Waals surface area contributed by atoms with Gasteiger partial charge in [-0.25, -0.2) is 4.79 Å². The molecule has 0 fully saturated rings. The van der Waals surface area contributed by atoms with Gasteiger partial charge in [0.2, 0.25) is 0 Å². The van der Waals surface area contributed by atoms with Gasteiger partial charge in [-0.15, -0.1) is 11.8 Å². The Morgan fingerprint density at radius 2 is 1.85 bits per heavy atom. The van der Waals surface area contributed by atoms with Gasteiger partial charge in [-0.2, -0.15) is 0 Å². The van der Waals surface area contributed by atoms with Crippen LogP contribution in [0.15, 0.2) is 59.5 Å². The van der Waals surface area contributed by atoms with Gasteiger partial charge in [-0.1, -0.05) is 24.3 Å². The van der Waals surface area contributed by atoms with Crippen molar-refractivity contribution in [2.24, 2.45) is 0 Å². The SMILES string of the molecule is CCOc1ccccc1NC(=O)COC(=O)/C=C/c1ccc(SC)cc1. The highest BCUT2D eigenvalue weighted by Crippen LogP contribution is 2.23. The molecule has 2 rings (SSSR count). The molecule has 0 heterocycles. The second-order valence-electron chi connectivity index (χ2n) is 5.19. The molecule has 0 atom stereocenters. The number of hydrogen-bond donors (Lipinski definition) is 1. The number of rotatable bonds is 8. The Kier molecular flexibility index (Phi) is 7.76. The molecule has 0 spiro atoms. The number of benzene rings is 2. The van der Waals surface area contributed by atoms with Crippen LogP contribution in [0.4, 0.5) is 5.69 Å². The van der Waals surface area contributed by atoms with Crippen LogP contribution in [0.1, 0.15) is 12.5 Å². The van der Waals surface area contributed by atoms with E-state index in [1.807, 2.05) is 43.5 Å². The van der Waals surface area contributed by atoms with Crippen LogP contribution in [-0.4, -0.2) is 31.3 Å². The third-order valence-electron chi connectivity index (χ3n) is 3.33. The summed E-state index contributed by atoms with van der Waals surface area (Å²) in [5.41, 5.74) is 1.43. The zero-order valence-corrected chi connectivity index (χ0v) is 15.5. The lowest BCUT2D eigenvalue weighted by Gasteiger charge is -2.11. The average molecular weight is 371 g/mol. The summed E-state index contributed by atoms with van der Waals surface area (Å²) in [4.78, 5) is 24.8. The molecular weight excluding hydrogens is 350 g/mol. The summed E-state index contributed by atoms with van der Waals surface area (Å²) < 4.78 is 10.4. The van der Waals surface area contributed by atoms with Crippen LogP contribution in [0.25, 0.3) is 6.08 Å². The van der Waals surface area contributed by atoms with E-state index in [9.17, 15) is 9.59 Å². The molecule has 0 unspecified atom stereocenters. The van der Waals surface area contributed by atoms with Crippen LogP contribution in [-0.2, 0) is 14.3 Å². The molecule has 0 saturated heterocycles. The Morgan fingerprint density at radius 3 is 2.54 bits per heavy atom. The van der Waals surface area contributed by atoms with Crippen molar-refractivity contribution in [1.82, 2.24) is 0 Å². The number of hydrogen-bond acceptors (Lipinski definition) is 5. The summed E-state index contributed by atoms with van der Waals surface area (Å²) in [6.45, 7) is 1.99. The quantitative estimate of drug-likeness (QED) is 0.432. The number of esters is 1. The van der Waals surface area contributed by atoms with Gasteiger partial charge in [-0.05, 0) is 49.1 Å². The van der Waals surface area contributed by atoms with E-state index in [1.54, 1.807) is 36.0 Å². The second kappa shape index (κ2) is 10.3. The number of thioether (sulfide) groups is 1. The minimum absolute atomic E-state index is 0.366. The topological polar surface area (TPSA) is 64.6 Å². The molecule has 0 radical (unpaired) electrons. The van der Waals surface area contributed by atoms with Crippen molar-refractivity contribution in [3.05, 3.63) is 60.2 Å². The van der Waals surface area contributed by atoms with E-state index >= 15 is 0 Å². The Labute approximate surface area is 157 Å². The van der Waals surface area contributed by atoms with Crippen molar-refractivity contribution in [3.63, 3.8) is 0 Å². The molecule has 2 aromatic carbocycles. The molecule has 0 saturated carbocycles. The molecule has 2 aromatic rings. The first-order valence-corrected chi connectivity index (χ1v) is 9.35.